The number of nitrogens with zero attached hydrogens (tertiary/aromatic N) is 2. The number of carbonyl (C=O) groups excluding carboxylic acids is 2. The van der Waals surface area contributed by atoms with E-state index >= 15 is 0 Å². The molecule has 9 nitrogen and oxygen atoms in total. The monoisotopic (exact) mass is 499 g/mol. The summed E-state index contributed by atoms with van der Waals surface area (Å²) < 4.78 is 18.7. The van der Waals surface area contributed by atoms with Gasteiger partial charge in [-0.15, -0.1) is 0 Å². The van der Waals surface area contributed by atoms with Crippen molar-refractivity contribution >= 4 is 32.1 Å². The third kappa shape index (κ3) is 5.94. The minimum atomic E-state index is -0.717. The van der Waals surface area contributed by atoms with Crippen LogP contribution in [0.5, 0.6) is 0 Å². The molecule has 37 heavy (non-hydrogen) atoms. The standard InChI is InChI=1S/C26H27B2N3O6/c1-26(2)19(15-36-28-27)20(16-35-23(33)18-11-7-4-8-12-18)37-24(26)31-14-13-21(30-25(31)34)29-22(32)17-9-5-3-6-10-17/h3-14,19-20,24,27H,15-16H2,1-2H3,(H,29,30,32,34)/t19-,20-,24-/m1/s1. The van der Waals surface area contributed by atoms with Gasteiger partial charge in [-0.2, -0.15) is 0 Å². The Hall–Kier alpha value is -3.85. The molecule has 2 aromatic carbocycles. The number of benzene rings is 2. The molecule has 1 N–H and O–H groups in total. The molecule has 0 bridgehead atoms. The van der Waals surface area contributed by atoms with Crippen LogP contribution >= 0.6 is 0 Å². The molecule has 2 heterocycles. The average molecular weight is 499 g/mol. The van der Waals surface area contributed by atoms with Crippen LogP contribution in [0.3, 0.4) is 0 Å². The third-order valence-corrected chi connectivity index (χ3v) is 6.49. The fourth-order valence-electron chi connectivity index (χ4n) is 4.43. The van der Waals surface area contributed by atoms with E-state index in [4.69, 9.17) is 14.1 Å². The number of carbonyl (C=O) groups is 2. The molecule has 3 aromatic rings. The second-order valence-corrected chi connectivity index (χ2v) is 9.24. The molecule has 0 spiro atoms. The van der Waals surface area contributed by atoms with Gasteiger partial charge in [0.05, 0.1) is 0 Å². The van der Waals surface area contributed by atoms with E-state index in [0.29, 0.717) is 11.1 Å². The zero-order chi connectivity index (χ0) is 26.4. The summed E-state index contributed by atoms with van der Waals surface area (Å²) in [5.41, 5.74) is -0.308. The Bertz CT molecular complexity index is 1320. The van der Waals surface area contributed by atoms with Gasteiger partial charge < -0.3 is 0 Å². The fraction of sp³-hybridized carbons (Fsp3) is 0.308. The van der Waals surface area contributed by atoms with Gasteiger partial charge in [-0.1, -0.05) is 18.2 Å². The quantitative estimate of drug-likeness (QED) is 0.356. The second kappa shape index (κ2) is 11.5. The Morgan fingerprint density at radius 3 is 2.32 bits per heavy atom. The molecule has 4 rings (SSSR count). The molecular formula is C26H27B2N3O6. The predicted octanol–water partition coefficient (Wildman–Crippen LogP) is 2.34. The van der Waals surface area contributed by atoms with E-state index in [-0.39, 0.29) is 30.9 Å². The van der Waals surface area contributed by atoms with E-state index in [1.54, 1.807) is 54.6 Å². The molecule has 1 aliphatic rings. The van der Waals surface area contributed by atoms with Gasteiger partial charge in [0.1, 0.15) is 0 Å². The molecule has 1 fully saturated rings. The van der Waals surface area contributed by atoms with Crippen molar-refractivity contribution in [2.45, 2.75) is 26.2 Å². The van der Waals surface area contributed by atoms with Crippen molar-refractivity contribution in [2.75, 3.05) is 18.5 Å². The SMILES string of the molecule is B=BOC[C@@H]1[C@@H](COC(=O)c2ccccc2)O[C@@H](n2ccc(NC(=O)c3ccccc3)nc2=O)C1(C)C. The predicted molar refractivity (Wildman–Crippen MR) is 140 cm³/mol. The molecule has 1 aromatic heterocycles. The van der Waals surface area contributed by atoms with E-state index in [1.807, 2.05) is 26.0 Å². The molecule has 0 unspecified atom stereocenters. The molecule has 11 heteroatoms. The molecule has 0 aliphatic carbocycles. The van der Waals surface area contributed by atoms with Crippen LogP contribution < -0.4 is 11.0 Å². The van der Waals surface area contributed by atoms with Gasteiger partial charge in [0.2, 0.25) is 0 Å². The second-order valence-electron chi connectivity index (χ2n) is 9.24. The zero-order valence-corrected chi connectivity index (χ0v) is 20.7. The third-order valence-electron chi connectivity index (χ3n) is 6.49. The van der Waals surface area contributed by atoms with Crippen molar-refractivity contribution in [3.63, 3.8) is 0 Å². The number of rotatable bonds is 9. The van der Waals surface area contributed by atoms with E-state index in [2.05, 4.69) is 17.7 Å². The summed E-state index contributed by atoms with van der Waals surface area (Å²) in [5, 5.41) is 2.64. The fourth-order valence-corrected chi connectivity index (χ4v) is 4.43. The molecule has 3 atom stereocenters. The van der Waals surface area contributed by atoms with Crippen LogP contribution in [0.15, 0.2) is 77.7 Å². The van der Waals surface area contributed by atoms with Gasteiger partial charge in [0.15, 0.2) is 0 Å². The summed E-state index contributed by atoms with van der Waals surface area (Å²) in [4.78, 5) is 42.0. The van der Waals surface area contributed by atoms with Gasteiger partial charge in [0, 0.05) is 0 Å². The number of hydrogen-bond donors (Lipinski definition) is 1. The molecule has 0 radical (unpaired) electrons. The maximum absolute atomic E-state index is 13.0. The first-order valence-corrected chi connectivity index (χ1v) is 11.9. The van der Waals surface area contributed by atoms with Gasteiger partial charge in [-0.05, 0) is 12.1 Å². The molecule has 0 saturated carbocycles. The summed E-state index contributed by atoms with van der Waals surface area (Å²) in [6.07, 6.45) is 0.272. The van der Waals surface area contributed by atoms with Crippen molar-refractivity contribution < 1.29 is 23.7 Å². The van der Waals surface area contributed by atoms with Crippen LogP contribution in [0.1, 0.15) is 40.8 Å². The summed E-state index contributed by atoms with van der Waals surface area (Å²) in [5.74, 6) is -0.940. The molecule has 1 amide bonds. The van der Waals surface area contributed by atoms with Gasteiger partial charge in [-0.3, -0.25) is 0 Å². The Morgan fingerprint density at radius 1 is 1.05 bits per heavy atom. The van der Waals surface area contributed by atoms with Crippen LogP contribution in [-0.4, -0.2) is 55.1 Å². The number of aromatic nitrogens is 2. The van der Waals surface area contributed by atoms with E-state index < -0.39 is 29.4 Å². The van der Waals surface area contributed by atoms with Crippen molar-refractivity contribution in [1.29, 1.82) is 0 Å². The zero-order valence-electron chi connectivity index (χ0n) is 20.7. The van der Waals surface area contributed by atoms with Gasteiger partial charge >= 0.3 is 186 Å². The first-order valence-electron chi connectivity index (χ1n) is 11.9. The molecule has 1 saturated heterocycles. The van der Waals surface area contributed by atoms with Crippen LogP contribution in [-0.2, 0) is 14.1 Å². The Morgan fingerprint density at radius 2 is 1.70 bits per heavy atom. The summed E-state index contributed by atoms with van der Waals surface area (Å²) in [7, 11) is 4.95. The average Bonchev–Trinajstić information content (AvgIpc) is 3.16. The Labute approximate surface area is 216 Å². The normalized spacial score (nSPS) is 20.0. The Balaban J connectivity index is 1.52. The summed E-state index contributed by atoms with van der Waals surface area (Å²) in [6.45, 7) is 4.14. The maximum atomic E-state index is 13.0. The molecule has 188 valence electrons. The number of anilines is 1. The van der Waals surface area contributed by atoms with Crippen LogP contribution in [0, 0.1) is 11.3 Å². The number of ether oxygens (including phenoxy) is 2. The van der Waals surface area contributed by atoms with E-state index in [1.165, 1.54) is 17.8 Å². The first kappa shape index (κ1) is 26.2. The van der Waals surface area contributed by atoms with Crippen LogP contribution in [0.4, 0.5) is 5.82 Å². The number of hydrogen-bond acceptors (Lipinski definition) is 7. The van der Waals surface area contributed by atoms with Crippen molar-refractivity contribution in [2.24, 2.45) is 11.3 Å². The first-order chi connectivity index (χ1) is 17.8. The van der Waals surface area contributed by atoms with Crippen molar-refractivity contribution in [3.8, 4) is 0 Å². The Kier molecular flexibility index (Phi) is 8.13. The van der Waals surface area contributed by atoms with Gasteiger partial charge in [0.25, 0.3) is 0 Å². The van der Waals surface area contributed by atoms with Crippen LogP contribution in [0.2, 0.25) is 0 Å². The van der Waals surface area contributed by atoms with Gasteiger partial charge in [-0.25, -0.2) is 0 Å². The van der Waals surface area contributed by atoms with Crippen molar-refractivity contribution in [3.05, 3.63) is 94.5 Å². The summed E-state index contributed by atoms with van der Waals surface area (Å²) in [6, 6.07) is 18.9. The number of nitrogens with one attached hydrogen (secondary N) is 1. The van der Waals surface area contributed by atoms with Crippen molar-refractivity contribution in [1.82, 2.24) is 9.55 Å². The number of esters is 1. The molecule has 1 aliphatic heterocycles. The number of amides is 1. The van der Waals surface area contributed by atoms with E-state index in [9.17, 15) is 14.4 Å². The minimum absolute atomic E-state index is 0.0216. The topological polar surface area (TPSA) is 109 Å². The molecular weight excluding hydrogens is 472 g/mol. The van der Waals surface area contributed by atoms with Crippen LogP contribution in [0.25, 0.3) is 0 Å². The van der Waals surface area contributed by atoms with E-state index in [0.717, 1.165) is 0 Å². The summed E-state index contributed by atoms with van der Waals surface area (Å²) >= 11 is 0.